The van der Waals surface area contributed by atoms with Gasteiger partial charge in [0.05, 0.1) is 0 Å². The summed E-state index contributed by atoms with van der Waals surface area (Å²) < 4.78 is 5.71. The molecule has 7 nitrogen and oxygen atoms in total. The number of benzene rings is 2. The zero-order chi connectivity index (χ0) is 25.8. The molecule has 1 aliphatic heterocycles. The van der Waals surface area contributed by atoms with Crippen LogP contribution in [0, 0.1) is 12.8 Å². The zero-order valence-corrected chi connectivity index (χ0v) is 22.1. The lowest BCUT2D eigenvalue weighted by Gasteiger charge is -2.37. The molecule has 2 amide bonds. The lowest BCUT2D eigenvalue weighted by molar-refractivity contribution is -0.134. The van der Waals surface area contributed by atoms with Gasteiger partial charge in [-0.2, -0.15) is 0 Å². The fourth-order valence-corrected chi connectivity index (χ4v) is 4.39. The van der Waals surface area contributed by atoms with E-state index in [0.717, 1.165) is 48.7 Å². The minimum atomic E-state index is -0.442. The topological polar surface area (TPSA) is 77.8 Å². The molecule has 0 saturated carbocycles. The molecule has 2 aromatic carbocycles. The molecule has 2 N–H and O–H groups in total. The second kappa shape index (κ2) is 11.1. The number of piperazine rings is 1. The van der Waals surface area contributed by atoms with Gasteiger partial charge < -0.3 is 19.5 Å². The van der Waals surface area contributed by atoms with Gasteiger partial charge >= 0.3 is 0 Å². The number of furan rings is 1. The van der Waals surface area contributed by atoms with Crippen LogP contribution in [0.4, 0.5) is 11.4 Å². The van der Waals surface area contributed by atoms with E-state index in [1.165, 1.54) is 0 Å². The minimum Gasteiger partial charge on any atom is -0.451 e. The van der Waals surface area contributed by atoms with Crippen LogP contribution >= 0.6 is 23.8 Å². The van der Waals surface area contributed by atoms with Gasteiger partial charge in [-0.25, -0.2) is 0 Å². The molecule has 1 saturated heterocycles. The van der Waals surface area contributed by atoms with E-state index in [1.54, 1.807) is 18.2 Å². The molecule has 0 radical (unpaired) electrons. The van der Waals surface area contributed by atoms with E-state index in [0.29, 0.717) is 10.8 Å². The highest BCUT2D eigenvalue weighted by atomic mass is 35.5. The SMILES string of the molecule is Cc1ccc(-c2ccc(C(=O)NC(=S)Nc3ccc(N4CCN(C(=O)C(C)C)CC4)cc3)o2)cc1Cl. The second-order valence-corrected chi connectivity index (χ2v) is 9.87. The number of carbonyl (C=O) groups excluding carboxylic acids is 2. The van der Waals surface area contributed by atoms with Crippen molar-refractivity contribution in [3.63, 3.8) is 0 Å². The van der Waals surface area contributed by atoms with Gasteiger partial charge in [0.15, 0.2) is 10.9 Å². The van der Waals surface area contributed by atoms with Crippen molar-refractivity contribution < 1.29 is 14.0 Å². The molecule has 0 bridgehead atoms. The second-order valence-electron chi connectivity index (χ2n) is 9.05. The Hall–Kier alpha value is -3.36. The molecule has 1 fully saturated rings. The number of anilines is 2. The highest BCUT2D eigenvalue weighted by Crippen LogP contribution is 2.27. The number of hydrogen-bond donors (Lipinski definition) is 2. The molecule has 0 unspecified atom stereocenters. The van der Waals surface area contributed by atoms with E-state index < -0.39 is 5.91 Å². The first-order valence-electron chi connectivity index (χ1n) is 11.8. The molecule has 2 heterocycles. The van der Waals surface area contributed by atoms with E-state index in [2.05, 4.69) is 15.5 Å². The number of halogens is 1. The smallest absolute Gasteiger partial charge is 0.293 e. The van der Waals surface area contributed by atoms with Crippen molar-refractivity contribution in [2.24, 2.45) is 5.92 Å². The van der Waals surface area contributed by atoms with Gasteiger partial charge in [0.2, 0.25) is 5.91 Å². The average Bonchev–Trinajstić information content (AvgIpc) is 3.36. The number of nitrogens with zero attached hydrogens (tertiary/aromatic N) is 2. The fourth-order valence-electron chi connectivity index (χ4n) is 3.99. The lowest BCUT2D eigenvalue weighted by Crippen LogP contribution is -2.49. The van der Waals surface area contributed by atoms with Crippen LogP contribution in [-0.4, -0.2) is 48.0 Å². The predicted molar refractivity (Wildman–Crippen MR) is 148 cm³/mol. The van der Waals surface area contributed by atoms with Crippen molar-refractivity contribution in [1.82, 2.24) is 10.2 Å². The van der Waals surface area contributed by atoms with Crippen LogP contribution in [0.1, 0.15) is 30.0 Å². The number of amides is 2. The number of rotatable bonds is 5. The van der Waals surface area contributed by atoms with Crippen LogP contribution < -0.4 is 15.5 Å². The Kier molecular flexibility index (Phi) is 7.96. The van der Waals surface area contributed by atoms with E-state index >= 15 is 0 Å². The van der Waals surface area contributed by atoms with E-state index in [1.807, 2.05) is 62.1 Å². The maximum Gasteiger partial charge on any atom is 0.293 e. The van der Waals surface area contributed by atoms with E-state index in [4.69, 9.17) is 28.2 Å². The Morgan fingerprint density at radius 1 is 1.00 bits per heavy atom. The third-order valence-electron chi connectivity index (χ3n) is 6.09. The number of aryl methyl sites for hydroxylation is 1. The predicted octanol–water partition coefficient (Wildman–Crippen LogP) is 5.34. The minimum absolute atomic E-state index is 0.0216. The van der Waals surface area contributed by atoms with Gasteiger partial charge in [-0.1, -0.05) is 37.6 Å². The van der Waals surface area contributed by atoms with E-state index in [9.17, 15) is 9.59 Å². The van der Waals surface area contributed by atoms with Gasteiger partial charge in [0, 0.05) is 54.1 Å². The lowest BCUT2D eigenvalue weighted by atomic mass is 10.1. The molecule has 36 heavy (non-hydrogen) atoms. The molecule has 0 aliphatic carbocycles. The summed E-state index contributed by atoms with van der Waals surface area (Å²) in [5, 5.41) is 6.48. The van der Waals surface area contributed by atoms with Crippen molar-refractivity contribution >= 4 is 52.1 Å². The third kappa shape index (κ3) is 6.06. The van der Waals surface area contributed by atoms with Gasteiger partial charge in [-0.15, -0.1) is 0 Å². The highest BCUT2D eigenvalue weighted by Gasteiger charge is 2.23. The van der Waals surface area contributed by atoms with Gasteiger partial charge in [-0.05, 0) is 67.2 Å². The summed E-state index contributed by atoms with van der Waals surface area (Å²) in [4.78, 5) is 29.0. The largest absolute Gasteiger partial charge is 0.451 e. The zero-order valence-electron chi connectivity index (χ0n) is 20.5. The monoisotopic (exact) mass is 524 g/mol. The molecule has 188 valence electrons. The van der Waals surface area contributed by atoms with Gasteiger partial charge in [0.25, 0.3) is 5.91 Å². The molecule has 9 heteroatoms. The number of thiocarbonyl (C=S) groups is 1. The van der Waals surface area contributed by atoms with E-state index in [-0.39, 0.29) is 22.7 Å². The van der Waals surface area contributed by atoms with Crippen molar-refractivity contribution in [2.75, 3.05) is 36.4 Å². The van der Waals surface area contributed by atoms with Crippen molar-refractivity contribution in [3.05, 3.63) is 70.9 Å². The van der Waals surface area contributed by atoms with Gasteiger partial charge in [-0.3, -0.25) is 14.9 Å². The normalized spacial score (nSPS) is 13.6. The maximum absolute atomic E-state index is 12.6. The molecule has 1 aromatic heterocycles. The van der Waals surface area contributed by atoms with Crippen LogP contribution in [0.2, 0.25) is 5.02 Å². The number of carbonyl (C=O) groups is 2. The number of hydrogen-bond acceptors (Lipinski definition) is 5. The van der Waals surface area contributed by atoms with Crippen LogP contribution in [0.15, 0.2) is 59.0 Å². The Morgan fingerprint density at radius 2 is 1.69 bits per heavy atom. The van der Waals surface area contributed by atoms with Crippen LogP contribution in [0.25, 0.3) is 11.3 Å². The Balaban J connectivity index is 1.29. The highest BCUT2D eigenvalue weighted by molar-refractivity contribution is 7.80. The summed E-state index contributed by atoms with van der Waals surface area (Å²) in [6.07, 6.45) is 0. The summed E-state index contributed by atoms with van der Waals surface area (Å²) in [5.41, 5.74) is 3.59. The standard InChI is InChI=1S/C27H29ClN4O3S/c1-17(2)26(34)32-14-12-31(13-15-32)21-8-6-20(7-9-21)29-27(36)30-25(33)24-11-10-23(35-24)19-5-4-18(3)22(28)16-19/h4-11,16-17H,12-15H2,1-3H3,(H2,29,30,33,36). The molecule has 1 aliphatic rings. The summed E-state index contributed by atoms with van der Waals surface area (Å²) >= 11 is 11.5. The summed E-state index contributed by atoms with van der Waals surface area (Å²) in [5.74, 6) is 0.480. The quantitative estimate of drug-likeness (QED) is 0.439. The first-order chi connectivity index (χ1) is 17.2. The van der Waals surface area contributed by atoms with Crippen LogP contribution in [0.5, 0.6) is 0 Å². The maximum atomic E-state index is 12.6. The summed E-state index contributed by atoms with van der Waals surface area (Å²) in [7, 11) is 0. The van der Waals surface area contributed by atoms with Gasteiger partial charge in [0.1, 0.15) is 5.76 Å². The Labute approximate surface area is 221 Å². The molecule has 0 atom stereocenters. The van der Waals surface area contributed by atoms with Crippen molar-refractivity contribution in [1.29, 1.82) is 0 Å². The fraction of sp³-hybridized carbons (Fsp3) is 0.296. The summed E-state index contributed by atoms with van der Waals surface area (Å²) in [6.45, 7) is 8.81. The Morgan fingerprint density at radius 3 is 2.33 bits per heavy atom. The third-order valence-corrected chi connectivity index (χ3v) is 6.70. The molecular weight excluding hydrogens is 496 g/mol. The first-order valence-corrected chi connectivity index (χ1v) is 12.6. The summed E-state index contributed by atoms with van der Waals surface area (Å²) in [6, 6.07) is 16.7. The molecule has 3 aromatic rings. The molecule has 4 rings (SSSR count). The molecule has 0 spiro atoms. The van der Waals surface area contributed by atoms with Crippen LogP contribution in [-0.2, 0) is 4.79 Å². The Bertz CT molecular complexity index is 1260. The first kappa shape index (κ1) is 25.7. The molecular formula is C27H29ClN4O3S. The van der Waals surface area contributed by atoms with Crippen molar-refractivity contribution in [3.8, 4) is 11.3 Å². The average molecular weight is 525 g/mol. The number of nitrogens with one attached hydrogen (secondary N) is 2. The van der Waals surface area contributed by atoms with Crippen LogP contribution in [0.3, 0.4) is 0 Å². The van der Waals surface area contributed by atoms with Crippen molar-refractivity contribution in [2.45, 2.75) is 20.8 Å².